The smallest absolute Gasteiger partial charge is 0.407 e. The second-order valence-corrected chi connectivity index (χ2v) is 7.58. The number of benzene rings is 2. The molecule has 0 unspecified atom stereocenters. The monoisotopic (exact) mass is 368 g/mol. The first-order valence-corrected chi connectivity index (χ1v) is 9.09. The standard InChI is InChI=1S/C22H28N2O3/c1-21(2,3)27-20(26)23-16-15-19(25)24-22(4,17-11-7-5-8-12-17)18-13-9-6-10-14-18/h5-14H,15-16H2,1-4H3,(H,23,26)(H,24,25). The highest BCUT2D eigenvalue weighted by molar-refractivity contribution is 5.78. The Balaban J connectivity index is 2.04. The first-order chi connectivity index (χ1) is 12.7. The molecule has 0 aliphatic rings. The fourth-order valence-corrected chi connectivity index (χ4v) is 2.79. The minimum absolute atomic E-state index is 0.152. The lowest BCUT2D eigenvalue weighted by atomic mass is 9.84. The van der Waals surface area contributed by atoms with Gasteiger partial charge >= 0.3 is 6.09 Å². The highest BCUT2D eigenvalue weighted by Gasteiger charge is 2.30. The minimum Gasteiger partial charge on any atom is -0.444 e. The molecule has 0 saturated heterocycles. The molecule has 27 heavy (non-hydrogen) atoms. The number of carbonyl (C=O) groups is 2. The van der Waals surface area contributed by atoms with Gasteiger partial charge < -0.3 is 15.4 Å². The molecule has 144 valence electrons. The molecule has 0 aliphatic heterocycles. The number of nitrogens with one attached hydrogen (secondary N) is 2. The molecular formula is C22H28N2O3. The number of hydrogen-bond acceptors (Lipinski definition) is 3. The molecule has 0 atom stereocenters. The van der Waals surface area contributed by atoms with Gasteiger partial charge in [-0.15, -0.1) is 0 Å². The summed E-state index contributed by atoms with van der Waals surface area (Å²) in [6.45, 7) is 7.58. The van der Waals surface area contributed by atoms with Crippen LogP contribution in [-0.2, 0) is 15.1 Å². The normalized spacial score (nSPS) is 11.6. The molecule has 2 amide bonds. The van der Waals surface area contributed by atoms with Gasteiger partial charge in [-0.05, 0) is 38.8 Å². The van der Waals surface area contributed by atoms with E-state index in [1.54, 1.807) is 20.8 Å². The summed E-state index contributed by atoms with van der Waals surface area (Å²) in [6.07, 6.45) is -0.363. The van der Waals surface area contributed by atoms with Crippen molar-refractivity contribution in [1.82, 2.24) is 10.6 Å². The lowest BCUT2D eigenvalue weighted by Crippen LogP contribution is -2.45. The third-order valence-electron chi connectivity index (χ3n) is 4.11. The SMILES string of the molecule is CC(C)(C)OC(=O)NCCC(=O)NC(C)(c1ccccc1)c1ccccc1. The van der Waals surface area contributed by atoms with Crippen molar-refractivity contribution in [3.8, 4) is 0 Å². The van der Waals surface area contributed by atoms with Crippen LogP contribution in [0, 0.1) is 0 Å². The molecular weight excluding hydrogens is 340 g/mol. The molecule has 2 rings (SSSR count). The van der Waals surface area contributed by atoms with Crippen LogP contribution in [0.15, 0.2) is 60.7 Å². The molecule has 0 spiro atoms. The van der Waals surface area contributed by atoms with Gasteiger partial charge in [0.1, 0.15) is 5.60 Å². The average Bonchev–Trinajstić information content (AvgIpc) is 2.61. The summed E-state index contributed by atoms with van der Waals surface area (Å²) in [5.74, 6) is -0.152. The summed E-state index contributed by atoms with van der Waals surface area (Å²) in [7, 11) is 0. The van der Waals surface area contributed by atoms with E-state index in [0.717, 1.165) is 11.1 Å². The van der Waals surface area contributed by atoms with E-state index in [2.05, 4.69) is 10.6 Å². The van der Waals surface area contributed by atoms with Crippen molar-refractivity contribution in [3.63, 3.8) is 0 Å². The number of alkyl carbamates (subject to hydrolysis) is 1. The number of carbonyl (C=O) groups excluding carboxylic acids is 2. The molecule has 0 bridgehead atoms. The van der Waals surface area contributed by atoms with Crippen LogP contribution in [0.25, 0.3) is 0 Å². The lowest BCUT2D eigenvalue weighted by Gasteiger charge is -2.32. The van der Waals surface area contributed by atoms with Gasteiger partial charge in [-0.25, -0.2) is 4.79 Å². The van der Waals surface area contributed by atoms with E-state index in [1.807, 2.05) is 67.6 Å². The van der Waals surface area contributed by atoms with E-state index in [1.165, 1.54) is 0 Å². The van der Waals surface area contributed by atoms with E-state index in [4.69, 9.17) is 4.74 Å². The molecule has 5 heteroatoms. The van der Waals surface area contributed by atoms with E-state index in [-0.39, 0.29) is 18.9 Å². The van der Waals surface area contributed by atoms with Gasteiger partial charge in [0.15, 0.2) is 0 Å². The summed E-state index contributed by atoms with van der Waals surface area (Å²) in [6, 6.07) is 19.7. The van der Waals surface area contributed by atoms with Gasteiger partial charge in [0.2, 0.25) is 5.91 Å². The van der Waals surface area contributed by atoms with Gasteiger partial charge in [-0.1, -0.05) is 60.7 Å². The van der Waals surface area contributed by atoms with Crippen molar-refractivity contribution in [2.24, 2.45) is 0 Å². The predicted molar refractivity (Wildman–Crippen MR) is 106 cm³/mol. The van der Waals surface area contributed by atoms with Crippen LogP contribution in [0.4, 0.5) is 4.79 Å². The molecule has 0 fully saturated rings. The first kappa shape index (κ1) is 20.5. The van der Waals surface area contributed by atoms with Crippen LogP contribution in [-0.4, -0.2) is 24.1 Å². The van der Waals surface area contributed by atoms with Crippen LogP contribution in [0.5, 0.6) is 0 Å². The Kier molecular flexibility index (Phi) is 6.61. The molecule has 5 nitrogen and oxygen atoms in total. The molecule has 2 aromatic rings. The van der Waals surface area contributed by atoms with E-state index in [9.17, 15) is 9.59 Å². The van der Waals surface area contributed by atoms with Crippen molar-refractivity contribution in [1.29, 1.82) is 0 Å². The zero-order valence-corrected chi connectivity index (χ0v) is 16.4. The van der Waals surface area contributed by atoms with E-state index >= 15 is 0 Å². The summed E-state index contributed by atoms with van der Waals surface area (Å²) in [5.41, 5.74) is 0.756. The maximum atomic E-state index is 12.6. The van der Waals surface area contributed by atoms with Gasteiger partial charge in [-0.2, -0.15) is 0 Å². The average molecular weight is 368 g/mol. The van der Waals surface area contributed by atoms with Crippen molar-refractivity contribution in [2.75, 3.05) is 6.54 Å². The highest BCUT2D eigenvalue weighted by atomic mass is 16.6. The van der Waals surface area contributed by atoms with Gasteiger partial charge in [0, 0.05) is 13.0 Å². The maximum absolute atomic E-state index is 12.6. The Morgan fingerprint density at radius 3 is 1.78 bits per heavy atom. The van der Waals surface area contributed by atoms with Crippen molar-refractivity contribution < 1.29 is 14.3 Å². The Hall–Kier alpha value is -2.82. The lowest BCUT2D eigenvalue weighted by molar-refractivity contribution is -0.122. The molecule has 0 radical (unpaired) electrons. The van der Waals surface area contributed by atoms with Gasteiger partial charge in [0.05, 0.1) is 5.54 Å². The van der Waals surface area contributed by atoms with E-state index < -0.39 is 17.2 Å². The molecule has 2 N–H and O–H groups in total. The van der Waals surface area contributed by atoms with Crippen molar-refractivity contribution in [2.45, 2.75) is 45.3 Å². The number of hydrogen-bond donors (Lipinski definition) is 2. The Bertz CT molecular complexity index is 713. The predicted octanol–water partition coefficient (Wildman–Crippen LogP) is 3.98. The zero-order chi connectivity index (χ0) is 19.9. The number of ether oxygens (including phenoxy) is 1. The third-order valence-corrected chi connectivity index (χ3v) is 4.11. The highest BCUT2D eigenvalue weighted by Crippen LogP contribution is 2.29. The molecule has 0 heterocycles. The summed E-state index contributed by atoms with van der Waals surface area (Å²) in [4.78, 5) is 24.3. The summed E-state index contributed by atoms with van der Waals surface area (Å²) in [5, 5.41) is 5.73. The van der Waals surface area contributed by atoms with Crippen LogP contribution in [0.2, 0.25) is 0 Å². The van der Waals surface area contributed by atoms with Crippen LogP contribution in [0.3, 0.4) is 0 Å². The second-order valence-electron chi connectivity index (χ2n) is 7.58. The zero-order valence-electron chi connectivity index (χ0n) is 16.4. The van der Waals surface area contributed by atoms with Gasteiger partial charge in [-0.3, -0.25) is 4.79 Å². The maximum Gasteiger partial charge on any atom is 0.407 e. The topological polar surface area (TPSA) is 67.4 Å². The van der Waals surface area contributed by atoms with E-state index in [0.29, 0.717) is 0 Å². The Morgan fingerprint density at radius 1 is 0.852 bits per heavy atom. The quantitative estimate of drug-likeness (QED) is 0.810. The van der Waals surface area contributed by atoms with Gasteiger partial charge in [0.25, 0.3) is 0 Å². The minimum atomic E-state index is -0.661. The fourth-order valence-electron chi connectivity index (χ4n) is 2.79. The fraction of sp³-hybridized carbons (Fsp3) is 0.364. The first-order valence-electron chi connectivity index (χ1n) is 9.09. The van der Waals surface area contributed by atoms with Crippen LogP contribution >= 0.6 is 0 Å². The number of rotatable bonds is 6. The van der Waals surface area contributed by atoms with Crippen molar-refractivity contribution in [3.05, 3.63) is 71.8 Å². The Labute approximate surface area is 161 Å². The summed E-state index contributed by atoms with van der Waals surface area (Å²) >= 11 is 0. The van der Waals surface area contributed by atoms with Crippen LogP contribution in [0.1, 0.15) is 45.2 Å². The second kappa shape index (κ2) is 8.71. The molecule has 0 saturated carbocycles. The Morgan fingerprint density at radius 2 is 1.33 bits per heavy atom. The molecule has 0 aromatic heterocycles. The largest absolute Gasteiger partial charge is 0.444 e. The molecule has 2 aromatic carbocycles. The molecule has 0 aliphatic carbocycles. The summed E-state index contributed by atoms with van der Waals surface area (Å²) < 4.78 is 5.18. The van der Waals surface area contributed by atoms with Crippen molar-refractivity contribution >= 4 is 12.0 Å². The third kappa shape index (κ3) is 6.13. The van der Waals surface area contributed by atoms with Crippen LogP contribution < -0.4 is 10.6 Å². The number of amides is 2.